The molecule has 2 N–H and O–H groups in total. The molecule has 1 atom stereocenters. The van der Waals surface area contributed by atoms with Crippen molar-refractivity contribution in [3.05, 3.63) is 64.9 Å². The lowest BCUT2D eigenvalue weighted by Gasteiger charge is -2.16. The van der Waals surface area contributed by atoms with Crippen LogP contribution in [0.1, 0.15) is 17.4 Å². The van der Waals surface area contributed by atoms with Gasteiger partial charge in [-0.1, -0.05) is 28.9 Å². The third-order valence-electron chi connectivity index (χ3n) is 4.13. The molecule has 1 aromatic heterocycles. The molecule has 3 rings (SSSR count). The normalized spacial score (nSPS) is 11.6. The summed E-state index contributed by atoms with van der Waals surface area (Å²) in [4.78, 5) is 18.6. The number of ether oxygens (including phenoxy) is 1. The van der Waals surface area contributed by atoms with Gasteiger partial charge in [-0.05, 0) is 42.0 Å². The van der Waals surface area contributed by atoms with E-state index in [4.69, 9.17) is 20.9 Å². The monoisotopic (exact) mass is 415 g/mol. The maximum Gasteiger partial charge on any atom is 0.323 e. The Morgan fingerprint density at radius 3 is 2.45 bits per heavy atom. The summed E-state index contributed by atoms with van der Waals surface area (Å²) in [5, 5.41) is 10.3. The van der Waals surface area contributed by atoms with E-state index in [0.717, 1.165) is 11.3 Å². The number of nitrogens with one attached hydrogen (secondary N) is 2. The number of halogens is 1. The molecule has 152 valence electrons. The lowest BCUT2D eigenvalue weighted by Crippen LogP contribution is -2.34. The fourth-order valence-electron chi connectivity index (χ4n) is 2.61. The van der Waals surface area contributed by atoms with Crippen LogP contribution in [-0.2, 0) is 6.42 Å². The first kappa shape index (κ1) is 20.5. The molecule has 0 bridgehead atoms. The predicted molar refractivity (Wildman–Crippen MR) is 112 cm³/mol. The largest absolute Gasteiger partial charge is 0.497 e. The predicted octanol–water partition coefficient (Wildman–Crippen LogP) is 3.90. The summed E-state index contributed by atoms with van der Waals surface area (Å²) in [6, 6.07) is 13.9. The van der Waals surface area contributed by atoms with Crippen molar-refractivity contribution in [1.29, 1.82) is 0 Å². The van der Waals surface area contributed by atoms with E-state index in [2.05, 4.69) is 20.8 Å². The van der Waals surface area contributed by atoms with Crippen LogP contribution < -0.4 is 20.3 Å². The number of rotatable bonds is 7. The van der Waals surface area contributed by atoms with Crippen molar-refractivity contribution in [2.45, 2.75) is 12.5 Å². The number of aromatic nitrogens is 2. The summed E-state index contributed by atoms with van der Waals surface area (Å²) in [6.45, 7) is 0. The second kappa shape index (κ2) is 9.29. The zero-order valence-corrected chi connectivity index (χ0v) is 17.1. The number of methoxy groups -OCH3 is 1. The molecule has 2 amide bonds. The standard InChI is InChI=1S/C20H22ClN5O3/c1-26(2)20-24-18(25-29-20)17(12-13-4-10-16(28-3)11-5-13)23-19(27)22-15-8-6-14(21)7-9-15/h4-11,17H,12H2,1-3H3,(H2,22,23,27). The van der Waals surface area contributed by atoms with Gasteiger partial charge in [-0.2, -0.15) is 4.98 Å². The number of hydrogen-bond donors (Lipinski definition) is 2. The van der Waals surface area contributed by atoms with Crippen molar-refractivity contribution in [2.24, 2.45) is 0 Å². The van der Waals surface area contributed by atoms with E-state index >= 15 is 0 Å². The number of hydrogen-bond acceptors (Lipinski definition) is 6. The highest BCUT2D eigenvalue weighted by molar-refractivity contribution is 6.30. The first-order valence-corrected chi connectivity index (χ1v) is 9.29. The molecule has 0 aliphatic carbocycles. The van der Waals surface area contributed by atoms with Crippen LogP contribution in [0, 0.1) is 0 Å². The molecule has 0 fully saturated rings. The Morgan fingerprint density at radius 1 is 1.17 bits per heavy atom. The Labute approximate surface area is 173 Å². The molecule has 0 saturated carbocycles. The fraction of sp³-hybridized carbons (Fsp3) is 0.250. The molecule has 0 radical (unpaired) electrons. The van der Waals surface area contributed by atoms with Crippen LogP contribution in [0.4, 0.5) is 16.5 Å². The van der Waals surface area contributed by atoms with E-state index in [1.54, 1.807) is 50.4 Å². The van der Waals surface area contributed by atoms with Gasteiger partial charge in [0.1, 0.15) is 5.75 Å². The number of nitrogens with zero attached hydrogens (tertiary/aromatic N) is 3. The minimum Gasteiger partial charge on any atom is -0.497 e. The van der Waals surface area contributed by atoms with Gasteiger partial charge in [-0.25, -0.2) is 4.79 Å². The third kappa shape index (κ3) is 5.61. The summed E-state index contributed by atoms with van der Waals surface area (Å²) in [5.41, 5.74) is 1.61. The molecule has 0 aliphatic rings. The van der Waals surface area contributed by atoms with Gasteiger partial charge < -0.3 is 24.8 Å². The van der Waals surface area contributed by atoms with Gasteiger partial charge in [0.15, 0.2) is 5.82 Å². The molecule has 0 spiro atoms. The highest BCUT2D eigenvalue weighted by Crippen LogP contribution is 2.21. The third-order valence-corrected chi connectivity index (χ3v) is 4.38. The highest BCUT2D eigenvalue weighted by Gasteiger charge is 2.22. The van der Waals surface area contributed by atoms with E-state index in [-0.39, 0.29) is 6.03 Å². The second-order valence-electron chi connectivity index (χ2n) is 6.54. The SMILES string of the molecule is COc1ccc(CC(NC(=O)Nc2ccc(Cl)cc2)c2noc(N(C)C)n2)cc1. The maximum atomic E-state index is 12.5. The van der Waals surface area contributed by atoms with Crippen molar-refractivity contribution in [3.63, 3.8) is 0 Å². The molecular weight excluding hydrogens is 394 g/mol. The summed E-state index contributed by atoms with van der Waals surface area (Å²) >= 11 is 5.88. The van der Waals surface area contributed by atoms with E-state index in [1.165, 1.54) is 0 Å². The summed E-state index contributed by atoms with van der Waals surface area (Å²) in [5.74, 6) is 1.14. The minimum absolute atomic E-state index is 0.361. The Morgan fingerprint density at radius 2 is 1.86 bits per heavy atom. The van der Waals surface area contributed by atoms with Crippen LogP contribution in [0.3, 0.4) is 0 Å². The number of anilines is 2. The zero-order chi connectivity index (χ0) is 20.8. The zero-order valence-electron chi connectivity index (χ0n) is 16.3. The Hall–Kier alpha value is -3.26. The van der Waals surface area contributed by atoms with Gasteiger partial charge in [0, 0.05) is 31.2 Å². The number of benzene rings is 2. The number of urea groups is 1. The molecule has 0 saturated heterocycles. The minimum atomic E-state index is -0.492. The van der Waals surface area contributed by atoms with Crippen LogP contribution in [-0.4, -0.2) is 37.4 Å². The fourth-order valence-corrected chi connectivity index (χ4v) is 2.74. The number of amides is 2. The molecule has 0 aliphatic heterocycles. The van der Waals surface area contributed by atoms with Crippen LogP contribution in [0.15, 0.2) is 53.1 Å². The van der Waals surface area contributed by atoms with Gasteiger partial charge in [0.2, 0.25) is 0 Å². The van der Waals surface area contributed by atoms with Crippen LogP contribution in [0.5, 0.6) is 5.75 Å². The Kier molecular flexibility index (Phi) is 6.56. The van der Waals surface area contributed by atoms with Gasteiger partial charge in [0.05, 0.1) is 13.2 Å². The Bertz CT molecular complexity index is 942. The van der Waals surface area contributed by atoms with E-state index in [1.807, 2.05) is 24.3 Å². The first-order valence-electron chi connectivity index (χ1n) is 8.91. The number of carbonyl (C=O) groups is 1. The van der Waals surface area contributed by atoms with Gasteiger partial charge in [-0.15, -0.1) is 0 Å². The molecule has 9 heteroatoms. The molecule has 2 aromatic carbocycles. The van der Waals surface area contributed by atoms with Crippen LogP contribution in [0.25, 0.3) is 0 Å². The first-order chi connectivity index (χ1) is 13.9. The maximum absolute atomic E-state index is 12.5. The molecular formula is C20H22ClN5O3. The summed E-state index contributed by atoms with van der Waals surface area (Å²) in [7, 11) is 5.22. The van der Waals surface area contributed by atoms with E-state index in [9.17, 15) is 4.79 Å². The average molecular weight is 416 g/mol. The van der Waals surface area contributed by atoms with Crippen molar-refractivity contribution < 1.29 is 14.1 Å². The molecule has 1 heterocycles. The second-order valence-corrected chi connectivity index (χ2v) is 6.98. The van der Waals surface area contributed by atoms with E-state index in [0.29, 0.717) is 29.0 Å². The van der Waals surface area contributed by atoms with Gasteiger partial charge >= 0.3 is 12.0 Å². The highest BCUT2D eigenvalue weighted by atomic mass is 35.5. The molecule has 29 heavy (non-hydrogen) atoms. The lowest BCUT2D eigenvalue weighted by atomic mass is 10.1. The lowest BCUT2D eigenvalue weighted by molar-refractivity contribution is 0.247. The smallest absolute Gasteiger partial charge is 0.323 e. The quantitative estimate of drug-likeness (QED) is 0.608. The topological polar surface area (TPSA) is 92.5 Å². The summed E-state index contributed by atoms with van der Waals surface area (Å²) < 4.78 is 10.4. The molecule has 3 aromatic rings. The van der Waals surface area contributed by atoms with Crippen LogP contribution in [0.2, 0.25) is 5.02 Å². The van der Waals surface area contributed by atoms with E-state index < -0.39 is 6.04 Å². The summed E-state index contributed by atoms with van der Waals surface area (Å²) in [6.07, 6.45) is 0.477. The molecule has 1 unspecified atom stereocenters. The van der Waals surface area contributed by atoms with Gasteiger partial charge in [0.25, 0.3) is 0 Å². The number of carbonyl (C=O) groups excluding carboxylic acids is 1. The van der Waals surface area contributed by atoms with Crippen molar-refractivity contribution in [1.82, 2.24) is 15.5 Å². The van der Waals surface area contributed by atoms with Crippen molar-refractivity contribution in [3.8, 4) is 5.75 Å². The van der Waals surface area contributed by atoms with Crippen molar-refractivity contribution >= 4 is 29.3 Å². The Balaban J connectivity index is 1.76. The molecule has 8 nitrogen and oxygen atoms in total. The van der Waals surface area contributed by atoms with Gasteiger partial charge in [-0.3, -0.25) is 0 Å². The van der Waals surface area contributed by atoms with Crippen LogP contribution >= 0.6 is 11.6 Å². The average Bonchev–Trinajstić information content (AvgIpc) is 3.20. The van der Waals surface area contributed by atoms with Crippen molar-refractivity contribution in [2.75, 3.05) is 31.4 Å².